The van der Waals surface area contributed by atoms with Crippen LogP contribution in [0.15, 0.2) is 11.6 Å². The number of aliphatic hydroxyl groups is 3. The molecule has 7 rings (SSSR count). The Kier molecular flexibility index (Phi) is 13.2. The fourth-order valence-electron chi connectivity index (χ4n) is 12.7. The minimum atomic E-state index is -1.61. The molecule has 0 aromatic rings. The van der Waals surface area contributed by atoms with Crippen LogP contribution in [0.3, 0.4) is 0 Å². The van der Waals surface area contributed by atoms with Crippen molar-refractivity contribution < 1.29 is 72.3 Å². The van der Waals surface area contributed by atoms with Gasteiger partial charge in [-0.2, -0.15) is 0 Å². The number of esters is 1. The van der Waals surface area contributed by atoms with Crippen molar-refractivity contribution in [2.24, 2.45) is 22.7 Å². The molecule has 0 bridgehead atoms. The van der Waals surface area contributed by atoms with Gasteiger partial charge in [0.25, 0.3) is 0 Å². The Morgan fingerprint density at radius 2 is 1.29 bits per heavy atom. The summed E-state index contributed by atoms with van der Waals surface area (Å²) in [5.74, 6) is -1.44. The lowest BCUT2D eigenvalue weighted by Crippen LogP contribution is -2.75. The Balaban J connectivity index is 0.979. The fourth-order valence-corrected chi connectivity index (χ4v) is 12.7. The maximum Gasteiger partial charge on any atom is 0.302 e. The van der Waals surface area contributed by atoms with Crippen LogP contribution in [-0.4, -0.2) is 146 Å². The van der Waals surface area contributed by atoms with Gasteiger partial charge < -0.3 is 62.7 Å². The van der Waals surface area contributed by atoms with Crippen molar-refractivity contribution in [3.63, 3.8) is 0 Å². The minimum Gasteiger partial charge on any atom is -0.462 e. The molecule has 3 aliphatic heterocycles. The van der Waals surface area contributed by atoms with Gasteiger partial charge in [-0.25, -0.2) is 0 Å². The Morgan fingerprint density at radius 1 is 0.746 bits per heavy atom. The second kappa shape index (κ2) is 17.2. The van der Waals surface area contributed by atoms with Crippen LogP contribution in [-0.2, 0) is 57.0 Å². The third-order valence-corrected chi connectivity index (χ3v) is 16.0. The molecule has 3 saturated heterocycles. The van der Waals surface area contributed by atoms with E-state index in [1.807, 2.05) is 20.8 Å². The molecule has 336 valence electrons. The first-order chi connectivity index (χ1) is 27.8. The van der Waals surface area contributed by atoms with Crippen molar-refractivity contribution in [2.45, 2.75) is 210 Å². The van der Waals surface area contributed by atoms with Gasteiger partial charge in [-0.15, -0.1) is 0 Å². The van der Waals surface area contributed by atoms with Crippen molar-refractivity contribution in [1.29, 1.82) is 0 Å². The van der Waals surface area contributed by atoms with Crippen LogP contribution in [0.25, 0.3) is 0 Å². The highest BCUT2D eigenvalue weighted by atomic mass is 16.7. The number of hydrogen-bond acceptors (Lipinski definition) is 15. The summed E-state index contributed by atoms with van der Waals surface area (Å²) in [4.78, 5) is 25.4. The van der Waals surface area contributed by atoms with Crippen LogP contribution in [0, 0.1) is 22.7 Å². The third-order valence-electron chi connectivity index (χ3n) is 16.0. The van der Waals surface area contributed by atoms with Crippen LogP contribution < -0.4 is 0 Å². The number of fused-ring (bicyclic) bond motifs is 5. The second-order valence-corrected chi connectivity index (χ2v) is 19.0. The van der Waals surface area contributed by atoms with Gasteiger partial charge in [-0.1, -0.05) is 25.5 Å². The number of hydrogen-bond donors (Lipinski definition) is 3. The molecule has 4 aliphatic carbocycles. The highest BCUT2D eigenvalue weighted by Gasteiger charge is 2.77. The molecule has 0 amide bonds. The average Bonchev–Trinajstić information content (AvgIpc) is 3.48. The maximum absolute atomic E-state index is 12.9. The standard InChI is InChI=1S/C44H70O15/c1-22(45)29-13-16-44(49)42(29,7)34(56-26(5)46)21-33-41(6)14-12-28(17-27(41)11-15-43(33,44)48)57-35-19-31(51-9)39(24(3)54-35)59-37-20-32(52-10)40(25(4)55-37)58-36-18-30(50-8)38(47)23(2)53-36/h11,23-25,28-40,47-49H,12-21H2,1-10H3. The molecule has 7 aliphatic rings. The van der Waals surface area contributed by atoms with Crippen LogP contribution in [0.1, 0.15) is 113 Å². The Hall–Kier alpha value is -1.60. The zero-order valence-corrected chi connectivity index (χ0v) is 36.6. The SMILES string of the molecule is COC1CC(OC2C(C)OC(OC3C(C)OC(OC4CCC5(C)C(=CCC6(O)C5CC(OC(C)=O)C5(C)C(C(C)=O)CCC65O)C4)CC3OC)CC2OC)OC(C)C1O. The number of ketones is 1. The van der Waals surface area contributed by atoms with E-state index in [9.17, 15) is 24.9 Å². The van der Waals surface area contributed by atoms with Crippen LogP contribution in [0.2, 0.25) is 0 Å². The van der Waals surface area contributed by atoms with Crippen molar-refractivity contribution >= 4 is 11.8 Å². The van der Waals surface area contributed by atoms with Gasteiger partial charge in [0.15, 0.2) is 18.9 Å². The first-order valence-corrected chi connectivity index (χ1v) is 21.8. The van der Waals surface area contributed by atoms with E-state index >= 15 is 0 Å². The first-order valence-electron chi connectivity index (χ1n) is 21.8. The van der Waals surface area contributed by atoms with Crippen molar-refractivity contribution in [2.75, 3.05) is 21.3 Å². The molecule has 3 saturated carbocycles. The summed E-state index contributed by atoms with van der Waals surface area (Å²) in [6.07, 6.45) is 0.0632. The summed E-state index contributed by atoms with van der Waals surface area (Å²) in [6.45, 7) is 12.5. The van der Waals surface area contributed by atoms with Gasteiger partial charge in [0.2, 0.25) is 0 Å². The van der Waals surface area contributed by atoms with Gasteiger partial charge in [0, 0.05) is 64.8 Å². The number of carbonyl (C=O) groups excluding carboxylic acids is 2. The number of methoxy groups -OCH3 is 3. The number of rotatable bonds is 11. The van der Waals surface area contributed by atoms with Gasteiger partial charge in [-0.3, -0.25) is 9.59 Å². The summed E-state index contributed by atoms with van der Waals surface area (Å²) in [5, 5.41) is 35.7. The molecule has 20 unspecified atom stereocenters. The summed E-state index contributed by atoms with van der Waals surface area (Å²) in [5.41, 5.74) is -3.54. The molecule has 0 spiro atoms. The van der Waals surface area contributed by atoms with Crippen LogP contribution >= 0.6 is 0 Å². The molecule has 0 aromatic heterocycles. The van der Waals surface area contributed by atoms with E-state index in [1.54, 1.807) is 28.3 Å². The highest BCUT2D eigenvalue weighted by molar-refractivity contribution is 5.80. The predicted molar refractivity (Wildman–Crippen MR) is 210 cm³/mol. The Labute approximate surface area is 349 Å². The summed E-state index contributed by atoms with van der Waals surface area (Å²) in [7, 11) is 4.87. The zero-order chi connectivity index (χ0) is 42.8. The van der Waals surface area contributed by atoms with E-state index in [-0.39, 0.29) is 43.0 Å². The summed E-state index contributed by atoms with van der Waals surface area (Å²) in [6, 6.07) is 0. The van der Waals surface area contributed by atoms with Crippen molar-refractivity contribution in [3.05, 3.63) is 11.6 Å². The lowest BCUT2D eigenvalue weighted by Gasteiger charge is -2.66. The monoisotopic (exact) mass is 838 g/mol. The lowest BCUT2D eigenvalue weighted by atomic mass is 9.43. The molecular weight excluding hydrogens is 768 g/mol. The van der Waals surface area contributed by atoms with E-state index in [1.165, 1.54) is 13.8 Å². The van der Waals surface area contributed by atoms with Crippen LogP contribution in [0.5, 0.6) is 0 Å². The predicted octanol–water partition coefficient (Wildman–Crippen LogP) is 3.89. The van der Waals surface area contributed by atoms with Gasteiger partial charge in [-0.05, 0) is 78.1 Å². The molecule has 20 atom stereocenters. The third kappa shape index (κ3) is 7.79. The summed E-state index contributed by atoms with van der Waals surface area (Å²) < 4.78 is 61.8. The number of carbonyl (C=O) groups is 2. The Morgan fingerprint density at radius 3 is 1.83 bits per heavy atom. The molecule has 59 heavy (non-hydrogen) atoms. The van der Waals surface area contributed by atoms with Crippen molar-refractivity contribution in [1.82, 2.24) is 0 Å². The molecule has 0 radical (unpaired) electrons. The quantitative estimate of drug-likeness (QED) is 0.201. The van der Waals surface area contributed by atoms with E-state index in [0.29, 0.717) is 51.4 Å². The van der Waals surface area contributed by atoms with Gasteiger partial charge in [0.05, 0.1) is 42.7 Å². The van der Waals surface area contributed by atoms with Crippen LogP contribution in [0.4, 0.5) is 0 Å². The van der Waals surface area contributed by atoms with E-state index < -0.39 is 101 Å². The molecule has 0 aromatic carbocycles. The number of aliphatic hydroxyl groups excluding tert-OH is 1. The second-order valence-electron chi connectivity index (χ2n) is 19.0. The largest absolute Gasteiger partial charge is 0.462 e. The smallest absolute Gasteiger partial charge is 0.302 e. The number of Topliss-reactive ketones (excluding diaryl/α,β-unsaturated/α-hetero) is 1. The average molecular weight is 839 g/mol. The molecule has 6 fully saturated rings. The Bertz CT molecular complexity index is 1560. The van der Waals surface area contributed by atoms with E-state index in [4.69, 9.17) is 47.4 Å². The fraction of sp³-hybridized carbons (Fsp3) is 0.909. The normalized spacial score (nSPS) is 51.2. The molecule has 15 nitrogen and oxygen atoms in total. The van der Waals surface area contributed by atoms with E-state index in [2.05, 4.69) is 13.0 Å². The topological polar surface area (TPSA) is 187 Å². The minimum absolute atomic E-state index is 0.0630. The first kappa shape index (κ1) is 45.4. The lowest BCUT2D eigenvalue weighted by molar-refractivity contribution is -0.338. The molecule has 3 heterocycles. The molecular formula is C44H70O15. The molecule has 15 heteroatoms. The summed E-state index contributed by atoms with van der Waals surface area (Å²) >= 11 is 0. The van der Waals surface area contributed by atoms with Crippen molar-refractivity contribution in [3.8, 4) is 0 Å². The zero-order valence-electron chi connectivity index (χ0n) is 36.6. The molecule has 3 N–H and O–H groups in total. The maximum atomic E-state index is 12.9. The van der Waals surface area contributed by atoms with Gasteiger partial charge in [0.1, 0.15) is 41.4 Å². The number of ether oxygens (including phenoxy) is 10. The van der Waals surface area contributed by atoms with E-state index in [0.717, 1.165) is 5.57 Å². The highest BCUT2D eigenvalue weighted by Crippen LogP contribution is 2.70. The van der Waals surface area contributed by atoms with Gasteiger partial charge >= 0.3 is 5.97 Å².